The summed E-state index contributed by atoms with van der Waals surface area (Å²) < 4.78 is 2.29. The zero-order valence-electron chi connectivity index (χ0n) is 19.8. The zero-order chi connectivity index (χ0) is 24.5. The predicted octanol–water partition coefficient (Wildman–Crippen LogP) is 2.65. The van der Waals surface area contributed by atoms with Crippen LogP contribution < -0.4 is 0 Å². The van der Waals surface area contributed by atoms with Crippen LogP contribution in [0.4, 0.5) is 0 Å². The molecule has 0 atom stereocenters. The van der Waals surface area contributed by atoms with Crippen LogP contribution in [-0.4, -0.2) is 75.6 Å². The number of amides is 4. The largest absolute Gasteiger partial charge is 0.341 e. The van der Waals surface area contributed by atoms with E-state index in [0.29, 0.717) is 26.2 Å². The van der Waals surface area contributed by atoms with Crippen LogP contribution in [0.5, 0.6) is 0 Å². The lowest BCUT2D eigenvalue weighted by molar-refractivity contribution is -0.146. The molecule has 1 aromatic heterocycles. The van der Waals surface area contributed by atoms with Gasteiger partial charge >= 0.3 is 0 Å². The van der Waals surface area contributed by atoms with E-state index in [9.17, 15) is 19.2 Å². The number of imide groups is 1. The van der Waals surface area contributed by atoms with Crippen LogP contribution in [0.3, 0.4) is 0 Å². The van der Waals surface area contributed by atoms with Crippen molar-refractivity contribution in [3.63, 3.8) is 0 Å². The van der Waals surface area contributed by atoms with Crippen molar-refractivity contribution in [3.8, 4) is 0 Å². The van der Waals surface area contributed by atoms with Crippen molar-refractivity contribution in [1.29, 1.82) is 0 Å². The third-order valence-electron chi connectivity index (χ3n) is 6.92. The fourth-order valence-electron chi connectivity index (χ4n) is 5.00. The van der Waals surface area contributed by atoms with E-state index in [1.807, 2.05) is 24.3 Å². The van der Waals surface area contributed by atoms with E-state index in [1.165, 1.54) is 21.8 Å². The summed E-state index contributed by atoms with van der Waals surface area (Å²) in [6.45, 7) is 4.42. The average Bonchev–Trinajstić information content (AvgIpc) is 3.38. The summed E-state index contributed by atoms with van der Waals surface area (Å²) in [7, 11) is 0. The van der Waals surface area contributed by atoms with Crippen molar-refractivity contribution < 1.29 is 19.2 Å². The van der Waals surface area contributed by atoms with Crippen molar-refractivity contribution in [3.05, 3.63) is 54.1 Å². The van der Waals surface area contributed by atoms with Gasteiger partial charge in [0.15, 0.2) is 0 Å². The highest BCUT2D eigenvalue weighted by atomic mass is 16.2. The molecule has 2 aliphatic heterocycles. The molecule has 8 heteroatoms. The number of aryl methyl sites for hydroxylation is 1. The number of carbonyl (C=O) groups excluding carboxylic acids is 4. The molecule has 3 heterocycles. The topological polar surface area (TPSA) is 82.9 Å². The molecule has 0 spiro atoms. The van der Waals surface area contributed by atoms with Crippen molar-refractivity contribution in [2.75, 3.05) is 32.7 Å². The average molecular weight is 473 g/mol. The van der Waals surface area contributed by atoms with Gasteiger partial charge in [-0.15, -0.1) is 0 Å². The summed E-state index contributed by atoms with van der Waals surface area (Å²) in [4.78, 5) is 53.2. The Bertz CT molecular complexity index is 1350. The number of fused-ring (bicyclic) bond motifs is 3. The maximum absolute atomic E-state index is 12.8. The summed E-state index contributed by atoms with van der Waals surface area (Å²) in [6.07, 6.45) is 3.77. The number of aromatic nitrogens is 1. The number of hydrogen-bond acceptors (Lipinski definition) is 4. The minimum Gasteiger partial charge on any atom is -0.341 e. The number of piperazine rings is 1. The molecule has 2 aliphatic rings. The van der Waals surface area contributed by atoms with Gasteiger partial charge in [-0.3, -0.25) is 24.1 Å². The molecule has 35 heavy (non-hydrogen) atoms. The Kier molecular flexibility index (Phi) is 6.11. The Morgan fingerprint density at radius 1 is 0.857 bits per heavy atom. The Morgan fingerprint density at radius 2 is 1.51 bits per heavy atom. The molecule has 0 N–H and O–H groups in total. The Morgan fingerprint density at radius 3 is 2.23 bits per heavy atom. The van der Waals surface area contributed by atoms with Crippen molar-refractivity contribution in [1.82, 2.24) is 19.3 Å². The Labute approximate surface area is 203 Å². The van der Waals surface area contributed by atoms with Crippen molar-refractivity contribution in [2.24, 2.45) is 0 Å². The third kappa shape index (κ3) is 4.32. The van der Waals surface area contributed by atoms with Gasteiger partial charge in [0.25, 0.3) is 0 Å². The van der Waals surface area contributed by atoms with Gasteiger partial charge in [-0.2, -0.15) is 0 Å². The van der Waals surface area contributed by atoms with E-state index < -0.39 is 0 Å². The third-order valence-corrected chi connectivity index (χ3v) is 6.92. The molecule has 2 fully saturated rings. The molecule has 4 amide bonds. The van der Waals surface area contributed by atoms with Crippen molar-refractivity contribution >= 4 is 51.5 Å². The molecule has 0 saturated carbocycles. The van der Waals surface area contributed by atoms with Crippen LogP contribution in [0.2, 0.25) is 0 Å². The van der Waals surface area contributed by atoms with E-state index in [4.69, 9.17) is 0 Å². The maximum Gasteiger partial charge on any atom is 0.246 e. The lowest BCUT2D eigenvalue weighted by Gasteiger charge is -2.34. The molecule has 2 saturated heterocycles. The lowest BCUT2D eigenvalue weighted by Crippen LogP contribution is -2.52. The van der Waals surface area contributed by atoms with Gasteiger partial charge in [-0.25, -0.2) is 0 Å². The Balaban J connectivity index is 1.22. The Hall–Kier alpha value is -3.94. The molecule has 3 aromatic rings. The number of likely N-dealkylation sites (tertiary alicyclic amines) is 1. The van der Waals surface area contributed by atoms with Gasteiger partial charge < -0.3 is 14.4 Å². The van der Waals surface area contributed by atoms with E-state index in [0.717, 1.165) is 17.0 Å². The standard InChI is InChI=1S/C27H28N4O4/c1-2-30-22-6-4-3-5-20(22)21-17-19(7-9-23(21)30)8-10-24(32)28-13-15-29(16-14-28)27(35)18-31-25(33)11-12-26(31)34/h3-10,17H,2,11-16,18H2,1H3/b10-8+. The van der Waals surface area contributed by atoms with E-state index in [-0.39, 0.29) is 43.0 Å². The summed E-state index contributed by atoms with van der Waals surface area (Å²) in [6, 6.07) is 14.6. The molecule has 2 aromatic carbocycles. The minimum absolute atomic E-state index is 0.0990. The lowest BCUT2D eigenvalue weighted by atomic mass is 10.1. The zero-order valence-corrected chi connectivity index (χ0v) is 19.8. The van der Waals surface area contributed by atoms with Crippen LogP contribution in [0, 0.1) is 0 Å². The number of carbonyl (C=O) groups is 4. The van der Waals surface area contributed by atoms with Gasteiger partial charge in [-0.1, -0.05) is 24.3 Å². The van der Waals surface area contributed by atoms with Crippen molar-refractivity contribution in [2.45, 2.75) is 26.3 Å². The molecule has 0 aliphatic carbocycles. The second-order valence-electron chi connectivity index (χ2n) is 8.95. The van der Waals surface area contributed by atoms with Crippen LogP contribution in [0.1, 0.15) is 25.3 Å². The molecule has 0 unspecified atom stereocenters. The minimum atomic E-state index is -0.292. The quantitative estimate of drug-likeness (QED) is 0.422. The van der Waals surface area contributed by atoms with Gasteiger partial charge in [0.05, 0.1) is 0 Å². The number of nitrogens with zero attached hydrogens (tertiary/aromatic N) is 4. The first-order valence-corrected chi connectivity index (χ1v) is 12.0. The highest BCUT2D eigenvalue weighted by Gasteiger charge is 2.32. The number of rotatable bonds is 5. The number of para-hydroxylation sites is 1. The van der Waals surface area contributed by atoms with Crippen LogP contribution >= 0.6 is 0 Å². The summed E-state index contributed by atoms with van der Waals surface area (Å²) in [5.74, 6) is -0.937. The fraction of sp³-hybridized carbons (Fsp3) is 0.333. The second-order valence-corrected chi connectivity index (χ2v) is 8.95. The predicted molar refractivity (Wildman–Crippen MR) is 133 cm³/mol. The first-order valence-electron chi connectivity index (χ1n) is 12.0. The normalized spacial score (nSPS) is 16.9. The highest BCUT2D eigenvalue weighted by molar-refractivity contribution is 6.09. The van der Waals surface area contributed by atoms with Gasteiger partial charge in [0.1, 0.15) is 6.54 Å². The molecule has 0 bridgehead atoms. The highest BCUT2D eigenvalue weighted by Crippen LogP contribution is 2.30. The van der Waals surface area contributed by atoms with E-state index in [2.05, 4.69) is 35.8 Å². The van der Waals surface area contributed by atoms with E-state index >= 15 is 0 Å². The molecule has 180 valence electrons. The molecule has 0 radical (unpaired) electrons. The maximum atomic E-state index is 12.8. The van der Waals surface area contributed by atoms with E-state index in [1.54, 1.807) is 15.9 Å². The van der Waals surface area contributed by atoms with Crippen LogP contribution in [0.25, 0.3) is 27.9 Å². The number of benzene rings is 2. The summed E-state index contributed by atoms with van der Waals surface area (Å²) >= 11 is 0. The second kappa shape index (κ2) is 9.37. The molecule has 8 nitrogen and oxygen atoms in total. The SMILES string of the molecule is CCn1c2ccccc2c2cc(/C=C/C(=O)N3CCN(C(=O)CN4C(=O)CCC4=O)CC3)ccc21. The first-order chi connectivity index (χ1) is 17.0. The first kappa shape index (κ1) is 22.8. The smallest absolute Gasteiger partial charge is 0.246 e. The van der Waals surface area contributed by atoms with Gasteiger partial charge in [0, 0.05) is 73.4 Å². The molecular formula is C27H28N4O4. The number of hydrogen-bond donors (Lipinski definition) is 0. The van der Waals surface area contributed by atoms with Gasteiger partial charge in [-0.05, 0) is 36.8 Å². The summed E-state index contributed by atoms with van der Waals surface area (Å²) in [5.41, 5.74) is 3.34. The molecule has 5 rings (SSSR count). The molecular weight excluding hydrogens is 444 g/mol. The monoisotopic (exact) mass is 472 g/mol. The summed E-state index contributed by atoms with van der Waals surface area (Å²) in [5, 5.41) is 2.36. The van der Waals surface area contributed by atoms with Gasteiger partial charge in [0.2, 0.25) is 23.6 Å². The fourth-order valence-corrected chi connectivity index (χ4v) is 5.00. The van der Waals surface area contributed by atoms with Crippen LogP contribution in [-0.2, 0) is 25.7 Å². The van der Waals surface area contributed by atoms with Crippen LogP contribution in [0.15, 0.2) is 48.5 Å².